The summed E-state index contributed by atoms with van der Waals surface area (Å²) in [6, 6.07) is 0.350. The summed E-state index contributed by atoms with van der Waals surface area (Å²) >= 11 is 0. The molecule has 0 N–H and O–H groups in total. The molecular weight excluding hydrogens is 182 g/mol. The van der Waals surface area contributed by atoms with Crippen molar-refractivity contribution in [3.05, 3.63) is 0 Å². The van der Waals surface area contributed by atoms with E-state index in [1.165, 1.54) is 0 Å². The molecule has 1 atom stereocenters. The van der Waals surface area contributed by atoms with Crippen LogP contribution in [0.5, 0.6) is 0 Å². The molecule has 4 heteroatoms. The smallest absolute Gasteiger partial charge is 0.294 e. The quantitative estimate of drug-likeness (QED) is 0.639. The molecule has 1 heterocycles. The molecule has 0 radical (unpaired) electrons. The first-order valence-corrected chi connectivity index (χ1v) is 4.98. The molecular formula is C10H19NO3. The molecule has 0 aromatic heterocycles. The van der Waals surface area contributed by atoms with E-state index < -0.39 is 5.60 Å². The van der Waals surface area contributed by atoms with Crippen LogP contribution in [0.2, 0.25) is 0 Å². The number of carbonyl (C=O) groups excluding carboxylic acids is 1. The number of carbonyl (C=O) groups is 1. The van der Waals surface area contributed by atoms with Crippen molar-refractivity contribution < 1.29 is 14.3 Å². The largest absolute Gasteiger partial charge is 0.445 e. The Kier molecular flexibility index (Phi) is 3.50. The fourth-order valence-electron chi connectivity index (χ4n) is 1.83. The fourth-order valence-corrected chi connectivity index (χ4v) is 1.83. The second kappa shape index (κ2) is 4.28. The van der Waals surface area contributed by atoms with Gasteiger partial charge in [0.2, 0.25) is 0 Å². The van der Waals surface area contributed by atoms with Crippen LogP contribution >= 0.6 is 0 Å². The average molecular weight is 201 g/mol. The van der Waals surface area contributed by atoms with E-state index in [0.29, 0.717) is 19.1 Å². The fraction of sp³-hybridized carbons (Fsp3) is 0.900. The van der Waals surface area contributed by atoms with E-state index in [-0.39, 0.29) is 6.23 Å². The molecule has 0 aromatic rings. The van der Waals surface area contributed by atoms with Crippen molar-refractivity contribution in [3.8, 4) is 0 Å². The number of rotatable bonds is 3. The lowest BCUT2D eigenvalue weighted by Gasteiger charge is -2.46. The molecule has 0 unspecified atom stereocenters. The topological polar surface area (TPSA) is 38.8 Å². The van der Waals surface area contributed by atoms with Crippen molar-refractivity contribution in [1.82, 2.24) is 4.90 Å². The molecule has 1 fully saturated rings. The number of hydrogen-bond acceptors (Lipinski definition) is 4. The predicted molar refractivity (Wildman–Crippen MR) is 52.8 cm³/mol. The lowest BCUT2D eigenvalue weighted by molar-refractivity contribution is -0.221. The third kappa shape index (κ3) is 2.25. The van der Waals surface area contributed by atoms with Crippen LogP contribution in [0.4, 0.5) is 0 Å². The molecule has 4 nitrogen and oxygen atoms in total. The van der Waals surface area contributed by atoms with E-state index in [1.54, 1.807) is 0 Å². The minimum Gasteiger partial charge on any atom is -0.445 e. The zero-order chi connectivity index (χ0) is 10.8. The Balaban J connectivity index is 2.78. The van der Waals surface area contributed by atoms with Gasteiger partial charge in [-0.2, -0.15) is 0 Å². The third-order valence-corrected chi connectivity index (χ3v) is 2.57. The van der Waals surface area contributed by atoms with Crippen LogP contribution in [-0.2, 0) is 14.3 Å². The van der Waals surface area contributed by atoms with Gasteiger partial charge in [0.25, 0.3) is 6.47 Å². The van der Waals surface area contributed by atoms with Gasteiger partial charge in [0.05, 0.1) is 6.61 Å². The van der Waals surface area contributed by atoms with Crippen LogP contribution < -0.4 is 0 Å². The highest BCUT2D eigenvalue weighted by Crippen LogP contribution is 2.26. The molecule has 14 heavy (non-hydrogen) atoms. The lowest BCUT2D eigenvalue weighted by atomic mass is 10.0. The Morgan fingerprint density at radius 1 is 1.57 bits per heavy atom. The highest BCUT2D eigenvalue weighted by Gasteiger charge is 2.41. The second-order valence-electron chi connectivity index (χ2n) is 4.37. The first kappa shape index (κ1) is 11.5. The van der Waals surface area contributed by atoms with Gasteiger partial charge < -0.3 is 9.47 Å². The summed E-state index contributed by atoms with van der Waals surface area (Å²) in [6.07, 6.45) is -0.284. The van der Waals surface area contributed by atoms with Gasteiger partial charge >= 0.3 is 0 Å². The van der Waals surface area contributed by atoms with Crippen LogP contribution in [0.25, 0.3) is 0 Å². The van der Waals surface area contributed by atoms with E-state index in [0.717, 1.165) is 6.54 Å². The maximum atomic E-state index is 10.4. The number of ether oxygens (including phenoxy) is 2. The van der Waals surface area contributed by atoms with E-state index in [2.05, 4.69) is 18.7 Å². The molecule has 0 spiro atoms. The van der Waals surface area contributed by atoms with Crippen LogP contribution in [0.15, 0.2) is 0 Å². The summed E-state index contributed by atoms with van der Waals surface area (Å²) in [7, 11) is 0. The van der Waals surface area contributed by atoms with Crippen LogP contribution in [0.1, 0.15) is 27.7 Å². The molecule has 1 saturated heterocycles. The van der Waals surface area contributed by atoms with Gasteiger partial charge in [-0.3, -0.25) is 9.69 Å². The van der Waals surface area contributed by atoms with Gasteiger partial charge in [0, 0.05) is 12.6 Å². The third-order valence-electron chi connectivity index (χ3n) is 2.57. The second-order valence-corrected chi connectivity index (χ2v) is 4.37. The minimum absolute atomic E-state index is 0.284. The molecule has 82 valence electrons. The normalized spacial score (nSPS) is 27.6. The molecule has 0 aliphatic carbocycles. The molecule has 0 amide bonds. The Labute approximate surface area is 85.2 Å². The molecule has 1 rings (SSSR count). The van der Waals surface area contributed by atoms with Crippen molar-refractivity contribution in [2.45, 2.75) is 45.6 Å². The summed E-state index contributed by atoms with van der Waals surface area (Å²) < 4.78 is 10.7. The van der Waals surface area contributed by atoms with Crippen LogP contribution in [0, 0.1) is 0 Å². The van der Waals surface area contributed by atoms with Crippen LogP contribution in [0.3, 0.4) is 0 Å². The molecule has 1 aliphatic rings. The Hall–Kier alpha value is -0.610. The van der Waals surface area contributed by atoms with Gasteiger partial charge in [-0.1, -0.05) is 0 Å². The van der Waals surface area contributed by atoms with Gasteiger partial charge in [-0.25, -0.2) is 0 Å². The Bertz CT molecular complexity index is 204. The van der Waals surface area contributed by atoms with Crippen molar-refractivity contribution in [1.29, 1.82) is 0 Å². The van der Waals surface area contributed by atoms with E-state index in [4.69, 9.17) is 9.47 Å². The molecule has 0 saturated carbocycles. The first-order valence-electron chi connectivity index (χ1n) is 4.98. The first-order chi connectivity index (χ1) is 6.49. The van der Waals surface area contributed by atoms with E-state index >= 15 is 0 Å². The molecule has 0 bridgehead atoms. The molecule has 0 aromatic carbocycles. The maximum Gasteiger partial charge on any atom is 0.294 e. The SMILES string of the molecule is CC(C)N1CCOC(C)(C)[C@H]1OC=O. The summed E-state index contributed by atoms with van der Waals surface area (Å²) in [5.41, 5.74) is -0.427. The highest BCUT2D eigenvalue weighted by molar-refractivity contribution is 5.37. The highest BCUT2D eigenvalue weighted by atomic mass is 16.6. The average Bonchev–Trinajstić information content (AvgIpc) is 2.07. The minimum atomic E-state index is -0.427. The van der Waals surface area contributed by atoms with Crippen molar-refractivity contribution in [2.75, 3.05) is 13.2 Å². The van der Waals surface area contributed by atoms with E-state index in [1.807, 2.05) is 13.8 Å². The molecule has 1 aliphatic heterocycles. The van der Waals surface area contributed by atoms with Gasteiger partial charge in [0.1, 0.15) is 5.60 Å². The summed E-state index contributed by atoms with van der Waals surface area (Å²) in [5.74, 6) is 0. The number of hydrogen-bond donors (Lipinski definition) is 0. The van der Waals surface area contributed by atoms with Gasteiger partial charge in [-0.05, 0) is 27.7 Å². The summed E-state index contributed by atoms with van der Waals surface area (Å²) in [5, 5.41) is 0. The summed E-state index contributed by atoms with van der Waals surface area (Å²) in [4.78, 5) is 12.6. The monoisotopic (exact) mass is 201 g/mol. The van der Waals surface area contributed by atoms with Crippen molar-refractivity contribution in [2.24, 2.45) is 0 Å². The van der Waals surface area contributed by atoms with Crippen LogP contribution in [-0.4, -0.2) is 42.4 Å². The predicted octanol–water partition coefficient (Wildman–Crippen LogP) is 1.00. The number of nitrogens with zero attached hydrogens (tertiary/aromatic N) is 1. The van der Waals surface area contributed by atoms with Crippen molar-refractivity contribution >= 4 is 6.47 Å². The van der Waals surface area contributed by atoms with Gasteiger partial charge in [0.15, 0.2) is 6.23 Å². The zero-order valence-corrected chi connectivity index (χ0v) is 9.32. The standard InChI is InChI=1S/C10H19NO3/c1-8(2)11-5-6-14-10(3,4)9(11)13-7-12/h7-9H,5-6H2,1-4H3/t9-/m1/s1. The van der Waals surface area contributed by atoms with E-state index in [9.17, 15) is 4.79 Å². The maximum absolute atomic E-state index is 10.4. The zero-order valence-electron chi connectivity index (χ0n) is 9.32. The lowest BCUT2D eigenvalue weighted by Crippen LogP contribution is -2.59. The van der Waals surface area contributed by atoms with Crippen molar-refractivity contribution in [3.63, 3.8) is 0 Å². The summed E-state index contributed by atoms with van der Waals surface area (Å²) in [6.45, 7) is 10.0. The van der Waals surface area contributed by atoms with Gasteiger partial charge in [-0.15, -0.1) is 0 Å². The number of morpholine rings is 1. The Morgan fingerprint density at radius 3 is 2.71 bits per heavy atom. The Morgan fingerprint density at radius 2 is 2.21 bits per heavy atom.